The molecule has 0 unspecified atom stereocenters. The number of carbonyl (C=O) groups is 1. The second-order valence-corrected chi connectivity index (χ2v) is 5.54. The van der Waals surface area contributed by atoms with Gasteiger partial charge in [-0.2, -0.15) is 0 Å². The van der Waals surface area contributed by atoms with Crippen molar-refractivity contribution in [3.8, 4) is 0 Å². The zero-order chi connectivity index (χ0) is 16.5. The van der Waals surface area contributed by atoms with Crippen LogP contribution < -0.4 is 4.90 Å². The van der Waals surface area contributed by atoms with Gasteiger partial charge in [0, 0.05) is 31.9 Å². The number of amides is 1. The number of halogens is 1. The average Bonchev–Trinajstić information content (AvgIpc) is 2.54. The predicted molar refractivity (Wildman–Crippen MR) is 91.6 cm³/mol. The van der Waals surface area contributed by atoms with Crippen LogP contribution in [0.15, 0.2) is 12.3 Å². The smallest absolute Gasteiger partial charge is 0.227 e. The molecule has 1 aliphatic rings. The Balaban J connectivity index is 0.00000116. The van der Waals surface area contributed by atoms with Crippen LogP contribution in [0.5, 0.6) is 0 Å². The van der Waals surface area contributed by atoms with Gasteiger partial charge in [-0.1, -0.05) is 32.4 Å². The number of rotatable bonds is 4. The lowest BCUT2D eigenvalue weighted by Crippen LogP contribution is -2.44. The molecule has 1 amide bonds. The van der Waals surface area contributed by atoms with E-state index in [1.165, 1.54) is 0 Å². The summed E-state index contributed by atoms with van der Waals surface area (Å²) in [6.45, 7) is 9.40. The number of anilines is 1. The van der Waals surface area contributed by atoms with Crippen LogP contribution in [-0.2, 0) is 9.53 Å². The molecule has 124 valence electrons. The Kier molecular flexibility index (Phi) is 8.43. The van der Waals surface area contributed by atoms with Gasteiger partial charge in [-0.15, -0.1) is 0 Å². The molecule has 5 heteroatoms. The number of aromatic nitrogens is 1. The molecule has 2 rings (SSSR count). The van der Waals surface area contributed by atoms with Crippen LogP contribution in [0.25, 0.3) is 0 Å². The lowest BCUT2D eigenvalue weighted by Gasteiger charge is -2.35. The number of aryl methyl sites for hydroxylation is 1. The van der Waals surface area contributed by atoms with Crippen molar-refractivity contribution in [2.75, 3.05) is 18.1 Å². The molecule has 1 aromatic rings. The van der Waals surface area contributed by atoms with Gasteiger partial charge < -0.3 is 9.64 Å². The molecule has 1 fully saturated rings. The third-order valence-electron chi connectivity index (χ3n) is 3.59. The second kappa shape index (κ2) is 9.80. The van der Waals surface area contributed by atoms with E-state index in [0.717, 1.165) is 30.5 Å². The van der Waals surface area contributed by atoms with Crippen molar-refractivity contribution < 1.29 is 9.53 Å². The largest absolute Gasteiger partial charge is 0.381 e. The highest BCUT2D eigenvalue weighted by molar-refractivity contribution is 6.29. The summed E-state index contributed by atoms with van der Waals surface area (Å²) in [6, 6.07) is 1.99. The van der Waals surface area contributed by atoms with Gasteiger partial charge in [0.2, 0.25) is 5.91 Å². The van der Waals surface area contributed by atoms with Gasteiger partial charge in [0.1, 0.15) is 5.15 Å². The van der Waals surface area contributed by atoms with E-state index in [1.54, 1.807) is 12.3 Å². The maximum Gasteiger partial charge on any atom is 0.227 e. The molecule has 0 N–H and O–H groups in total. The molecule has 2 heterocycles. The molecule has 0 saturated carbocycles. The summed E-state index contributed by atoms with van der Waals surface area (Å²) >= 11 is 6.01. The molecule has 0 radical (unpaired) electrons. The number of hydrogen-bond acceptors (Lipinski definition) is 3. The Morgan fingerprint density at radius 1 is 1.41 bits per heavy atom. The molecular formula is C17H27ClN2O2. The van der Waals surface area contributed by atoms with E-state index in [4.69, 9.17) is 16.3 Å². The van der Waals surface area contributed by atoms with Crippen LogP contribution >= 0.6 is 11.6 Å². The van der Waals surface area contributed by atoms with Crippen molar-refractivity contribution in [3.05, 3.63) is 23.0 Å². The minimum atomic E-state index is 0.157. The van der Waals surface area contributed by atoms with Gasteiger partial charge in [0.05, 0.1) is 5.69 Å². The molecule has 0 aromatic carbocycles. The average molecular weight is 327 g/mol. The predicted octanol–water partition coefficient (Wildman–Crippen LogP) is 4.38. The van der Waals surface area contributed by atoms with Crippen molar-refractivity contribution in [1.82, 2.24) is 4.98 Å². The van der Waals surface area contributed by atoms with E-state index in [9.17, 15) is 4.79 Å². The van der Waals surface area contributed by atoms with Gasteiger partial charge in [-0.05, 0) is 37.8 Å². The van der Waals surface area contributed by atoms with Crippen molar-refractivity contribution >= 4 is 23.2 Å². The molecule has 0 aliphatic carbocycles. The summed E-state index contributed by atoms with van der Waals surface area (Å²) in [7, 11) is 0. The SMILES string of the molecule is CC.CCCC(=O)N(c1cc(Cl)ncc1C)C1CCOCC1. The van der Waals surface area contributed by atoms with Gasteiger partial charge in [-0.3, -0.25) is 4.79 Å². The van der Waals surface area contributed by atoms with Gasteiger partial charge in [0.25, 0.3) is 0 Å². The number of nitrogens with zero attached hydrogens (tertiary/aromatic N) is 2. The van der Waals surface area contributed by atoms with Crippen LogP contribution in [-0.4, -0.2) is 30.1 Å². The van der Waals surface area contributed by atoms with Crippen molar-refractivity contribution in [3.63, 3.8) is 0 Å². The normalized spacial score (nSPS) is 15.0. The fourth-order valence-electron chi connectivity index (χ4n) is 2.56. The first-order valence-electron chi connectivity index (χ1n) is 8.15. The van der Waals surface area contributed by atoms with Gasteiger partial charge >= 0.3 is 0 Å². The molecule has 1 aromatic heterocycles. The highest BCUT2D eigenvalue weighted by Gasteiger charge is 2.27. The molecule has 0 spiro atoms. The number of pyridine rings is 1. The lowest BCUT2D eigenvalue weighted by atomic mass is 10.0. The summed E-state index contributed by atoms with van der Waals surface area (Å²) in [4.78, 5) is 18.5. The van der Waals surface area contributed by atoms with Gasteiger partial charge in [0.15, 0.2) is 0 Å². The number of ether oxygens (including phenoxy) is 1. The first-order valence-corrected chi connectivity index (χ1v) is 8.53. The molecule has 1 saturated heterocycles. The molecular weight excluding hydrogens is 300 g/mol. The highest BCUT2D eigenvalue weighted by atomic mass is 35.5. The summed E-state index contributed by atoms with van der Waals surface area (Å²) in [5.41, 5.74) is 1.86. The maximum absolute atomic E-state index is 12.5. The number of hydrogen-bond donors (Lipinski definition) is 0. The van der Waals surface area contributed by atoms with Crippen LogP contribution in [0.1, 0.15) is 52.0 Å². The Morgan fingerprint density at radius 3 is 2.64 bits per heavy atom. The fraction of sp³-hybridized carbons (Fsp3) is 0.647. The van der Waals surface area contributed by atoms with E-state index >= 15 is 0 Å². The highest BCUT2D eigenvalue weighted by Crippen LogP contribution is 2.28. The van der Waals surface area contributed by atoms with E-state index in [1.807, 2.05) is 32.6 Å². The molecule has 22 heavy (non-hydrogen) atoms. The Labute approximate surface area is 138 Å². The molecule has 0 bridgehead atoms. The first-order chi connectivity index (χ1) is 10.6. The number of carbonyl (C=O) groups excluding carboxylic acids is 1. The minimum Gasteiger partial charge on any atom is -0.381 e. The van der Waals surface area contributed by atoms with Crippen LogP contribution in [0.3, 0.4) is 0 Å². The van der Waals surface area contributed by atoms with Crippen molar-refractivity contribution in [2.45, 2.75) is 59.4 Å². The second-order valence-electron chi connectivity index (χ2n) is 5.15. The summed E-state index contributed by atoms with van der Waals surface area (Å²) in [5, 5.41) is 0.423. The Hall–Kier alpha value is -1.13. The quantitative estimate of drug-likeness (QED) is 0.771. The molecule has 0 atom stereocenters. The van der Waals surface area contributed by atoms with E-state index < -0.39 is 0 Å². The standard InChI is InChI=1S/C15H21ClN2O2.C2H6/c1-3-4-15(19)18(12-5-7-20-8-6-12)13-9-14(16)17-10-11(13)2;1-2/h9-10,12H,3-8H2,1-2H3;1-2H3. The van der Waals surface area contributed by atoms with Crippen molar-refractivity contribution in [2.24, 2.45) is 0 Å². The van der Waals surface area contributed by atoms with Crippen molar-refractivity contribution in [1.29, 1.82) is 0 Å². The maximum atomic E-state index is 12.5. The molecule has 4 nitrogen and oxygen atoms in total. The third-order valence-corrected chi connectivity index (χ3v) is 3.80. The van der Waals surface area contributed by atoms with E-state index in [0.29, 0.717) is 24.8 Å². The lowest BCUT2D eigenvalue weighted by molar-refractivity contribution is -0.119. The van der Waals surface area contributed by atoms with Crippen LogP contribution in [0.4, 0.5) is 5.69 Å². The Bertz CT molecular complexity index is 474. The third kappa shape index (κ3) is 4.96. The Morgan fingerprint density at radius 2 is 2.05 bits per heavy atom. The van der Waals surface area contributed by atoms with Crippen LogP contribution in [0.2, 0.25) is 5.15 Å². The zero-order valence-corrected chi connectivity index (χ0v) is 14.8. The molecule has 1 aliphatic heterocycles. The fourth-order valence-corrected chi connectivity index (χ4v) is 2.71. The van der Waals surface area contributed by atoms with Crippen LogP contribution in [0, 0.1) is 6.92 Å². The zero-order valence-electron chi connectivity index (χ0n) is 14.1. The summed E-state index contributed by atoms with van der Waals surface area (Å²) < 4.78 is 5.40. The van der Waals surface area contributed by atoms with E-state index in [-0.39, 0.29) is 11.9 Å². The monoisotopic (exact) mass is 326 g/mol. The first kappa shape index (κ1) is 18.9. The summed E-state index contributed by atoms with van der Waals surface area (Å²) in [5.74, 6) is 0.157. The van der Waals surface area contributed by atoms with Gasteiger partial charge in [-0.25, -0.2) is 4.98 Å². The summed E-state index contributed by atoms with van der Waals surface area (Å²) in [6.07, 6.45) is 4.86. The minimum absolute atomic E-state index is 0.157. The topological polar surface area (TPSA) is 42.4 Å². The van der Waals surface area contributed by atoms with E-state index in [2.05, 4.69) is 4.98 Å².